The number of aromatic nitrogens is 3. The van der Waals surface area contributed by atoms with Crippen molar-refractivity contribution in [2.45, 2.75) is 24.7 Å². The van der Waals surface area contributed by atoms with Crippen LogP contribution in [0.15, 0.2) is 151 Å². The largest absolute Gasteiger partial charge is 0.209 e. The van der Waals surface area contributed by atoms with Crippen LogP contribution >= 0.6 is 0 Å². The van der Waals surface area contributed by atoms with Gasteiger partial charge < -0.3 is 0 Å². The summed E-state index contributed by atoms with van der Waals surface area (Å²) >= 11 is 0. The van der Waals surface area contributed by atoms with Gasteiger partial charge in [-0.15, -0.1) is 0 Å². The van der Waals surface area contributed by atoms with E-state index in [0.717, 1.165) is 41.8 Å². The molecule has 3 aliphatic carbocycles. The van der Waals surface area contributed by atoms with E-state index < -0.39 is 5.41 Å². The van der Waals surface area contributed by atoms with Crippen molar-refractivity contribution in [1.29, 1.82) is 0 Å². The highest BCUT2D eigenvalue weighted by atomic mass is 15.0. The van der Waals surface area contributed by atoms with E-state index in [2.05, 4.69) is 133 Å². The second kappa shape index (κ2) is 10.7. The minimum absolute atomic E-state index is 0.437. The first-order chi connectivity index (χ1) is 22.8. The van der Waals surface area contributed by atoms with Gasteiger partial charge in [0.2, 0.25) is 0 Å². The Hall–Kier alpha value is -5.67. The van der Waals surface area contributed by atoms with Crippen molar-refractivity contribution >= 4 is 11.6 Å². The molecule has 218 valence electrons. The van der Waals surface area contributed by atoms with Gasteiger partial charge in [0, 0.05) is 23.1 Å². The lowest BCUT2D eigenvalue weighted by molar-refractivity contribution is 0.751. The second-order valence-corrected chi connectivity index (χ2v) is 12.3. The quantitative estimate of drug-likeness (QED) is 0.201. The van der Waals surface area contributed by atoms with Gasteiger partial charge in [-0.2, -0.15) is 0 Å². The van der Waals surface area contributed by atoms with Crippen molar-refractivity contribution < 1.29 is 0 Å². The van der Waals surface area contributed by atoms with Crippen molar-refractivity contribution in [1.82, 2.24) is 15.0 Å². The molecule has 0 radical (unpaired) electrons. The molecular weight excluding hydrogens is 558 g/mol. The Balaban J connectivity index is 1.27. The lowest BCUT2D eigenvalue weighted by Gasteiger charge is -2.35. The van der Waals surface area contributed by atoms with Crippen molar-refractivity contribution in [3.8, 4) is 33.9 Å². The van der Waals surface area contributed by atoms with Crippen LogP contribution < -0.4 is 0 Å². The Labute approximate surface area is 269 Å². The zero-order valence-electron chi connectivity index (χ0n) is 25.4. The SMILES string of the molecule is C1=CC(C2(c3ccccc3)c3ccccc3-c3ccc(-c4nc(C5=Cc6ccccc6C5)nc(-c5ccccc5)n4)cc32)=CCC1. The summed E-state index contributed by atoms with van der Waals surface area (Å²) in [6.45, 7) is 0. The van der Waals surface area contributed by atoms with Crippen LogP contribution in [0.3, 0.4) is 0 Å². The average Bonchev–Trinajstić information content (AvgIpc) is 3.70. The fourth-order valence-electron chi connectivity index (χ4n) is 7.58. The van der Waals surface area contributed by atoms with E-state index in [-0.39, 0.29) is 0 Å². The standard InChI is InChI=1S/C43H31N3/c1-4-14-29(15-5-1)40-44-41(46-42(45-40)33-26-30-16-10-11-17-31(30)27-33)32-24-25-37-36-22-12-13-23-38(36)43(39(37)28-32,34-18-6-2-7-19-34)35-20-8-3-9-21-35/h1-2,4-8,10-26,28H,3,9,27H2. The van der Waals surface area contributed by atoms with E-state index in [4.69, 9.17) is 15.0 Å². The molecule has 0 aliphatic heterocycles. The van der Waals surface area contributed by atoms with Crippen LogP contribution in [-0.4, -0.2) is 15.0 Å². The molecule has 3 heteroatoms. The van der Waals surface area contributed by atoms with Crippen LogP contribution in [0, 0.1) is 0 Å². The fraction of sp³-hybridized carbons (Fsp3) is 0.0930. The number of hydrogen-bond acceptors (Lipinski definition) is 3. The summed E-state index contributed by atoms with van der Waals surface area (Å²) in [6, 6.07) is 45.5. The van der Waals surface area contributed by atoms with E-state index in [1.165, 1.54) is 44.5 Å². The van der Waals surface area contributed by atoms with Crippen molar-refractivity contribution in [3.63, 3.8) is 0 Å². The third-order valence-electron chi connectivity index (χ3n) is 9.66. The van der Waals surface area contributed by atoms with Crippen LogP contribution in [0.25, 0.3) is 45.6 Å². The first-order valence-electron chi connectivity index (χ1n) is 16.1. The minimum Gasteiger partial charge on any atom is -0.209 e. The van der Waals surface area contributed by atoms with E-state index in [0.29, 0.717) is 11.6 Å². The lowest BCUT2D eigenvalue weighted by Crippen LogP contribution is -2.29. The summed E-state index contributed by atoms with van der Waals surface area (Å²) in [6.07, 6.45) is 12.2. The highest BCUT2D eigenvalue weighted by molar-refractivity contribution is 5.89. The molecule has 3 nitrogen and oxygen atoms in total. The van der Waals surface area contributed by atoms with Crippen molar-refractivity contribution in [2.75, 3.05) is 0 Å². The molecule has 0 amide bonds. The number of allylic oxidation sites excluding steroid dienone is 5. The number of benzene rings is 5. The summed E-state index contributed by atoms with van der Waals surface area (Å²) in [5.41, 5.74) is 12.9. The maximum Gasteiger partial charge on any atom is 0.164 e. The third kappa shape index (κ3) is 4.16. The van der Waals surface area contributed by atoms with Gasteiger partial charge >= 0.3 is 0 Å². The smallest absolute Gasteiger partial charge is 0.164 e. The molecule has 5 aromatic carbocycles. The Kier molecular flexibility index (Phi) is 6.24. The molecule has 0 N–H and O–H groups in total. The van der Waals surface area contributed by atoms with Crippen molar-refractivity contribution in [3.05, 3.63) is 185 Å². The van der Waals surface area contributed by atoms with Crippen LogP contribution in [-0.2, 0) is 11.8 Å². The average molecular weight is 590 g/mol. The molecule has 1 heterocycles. The van der Waals surface area contributed by atoms with E-state index >= 15 is 0 Å². The number of nitrogens with zero attached hydrogens (tertiary/aromatic N) is 3. The first kappa shape index (κ1) is 26.7. The van der Waals surface area contributed by atoms with Crippen LogP contribution in [0.2, 0.25) is 0 Å². The van der Waals surface area contributed by atoms with Gasteiger partial charge in [0.15, 0.2) is 17.5 Å². The normalized spacial score (nSPS) is 17.6. The number of rotatable bonds is 5. The van der Waals surface area contributed by atoms with Gasteiger partial charge in [-0.3, -0.25) is 0 Å². The van der Waals surface area contributed by atoms with E-state index in [1.807, 2.05) is 18.2 Å². The fourth-order valence-corrected chi connectivity index (χ4v) is 7.58. The van der Waals surface area contributed by atoms with Gasteiger partial charge in [-0.05, 0) is 69.5 Å². The molecule has 1 atom stereocenters. The number of fused-ring (bicyclic) bond motifs is 4. The van der Waals surface area contributed by atoms with Crippen LogP contribution in [0.1, 0.15) is 46.5 Å². The van der Waals surface area contributed by atoms with Crippen LogP contribution in [0.4, 0.5) is 0 Å². The van der Waals surface area contributed by atoms with Crippen molar-refractivity contribution in [2.24, 2.45) is 0 Å². The Morgan fingerprint density at radius 1 is 0.543 bits per heavy atom. The maximum absolute atomic E-state index is 5.18. The molecule has 9 rings (SSSR count). The summed E-state index contributed by atoms with van der Waals surface area (Å²) in [4.78, 5) is 15.3. The Morgan fingerprint density at radius 2 is 1.24 bits per heavy atom. The molecule has 46 heavy (non-hydrogen) atoms. The molecule has 3 aliphatic rings. The Bertz CT molecular complexity index is 2230. The monoisotopic (exact) mass is 589 g/mol. The lowest BCUT2D eigenvalue weighted by atomic mass is 9.66. The van der Waals surface area contributed by atoms with Gasteiger partial charge in [-0.1, -0.05) is 140 Å². The molecular formula is C43H31N3. The molecule has 0 saturated heterocycles. The highest BCUT2D eigenvalue weighted by Gasteiger charge is 2.47. The topological polar surface area (TPSA) is 38.7 Å². The first-order valence-corrected chi connectivity index (χ1v) is 16.1. The van der Waals surface area contributed by atoms with Gasteiger partial charge in [0.05, 0.1) is 5.41 Å². The zero-order chi connectivity index (χ0) is 30.5. The second-order valence-electron chi connectivity index (χ2n) is 12.3. The molecule has 0 fully saturated rings. The Morgan fingerprint density at radius 3 is 2.04 bits per heavy atom. The minimum atomic E-state index is -0.437. The predicted octanol–water partition coefficient (Wildman–Crippen LogP) is 9.89. The predicted molar refractivity (Wildman–Crippen MR) is 187 cm³/mol. The molecule has 1 aromatic heterocycles. The van der Waals surface area contributed by atoms with Crippen LogP contribution in [0.5, 0.6) is 0 Å². The molecule has 1 unspecified atom stereocenters. The van der Waals surface area contributed by atoms with Gasteiger partial charge in [0.1, 0.15) is 0 Å². The molecule has 0 saturated carbocycles. The zero-order valence-corrected chi connectivity index (χ0v) is 25.4. The van der Waals surface area contributed by atoms with Gasteiger partial charge in [0.25, 0.3) is 0 Å². The molecule has 0 spiro atoms. The summed E-state index contributed by atoms with van der Waals surface area (Å²) in [5.74, 6) is 2.11. The van der Waals surface area contributed by atoms with E-state index in [9.17, 15) is 0 Å². The summed E-state index contributed by atoms with van der Waals surface area (Å²) in [7, 11) is 0. The molecule has 6 aromatic rings. The summed E-state index contributed by atoms with van der Waals surface area (Å²) in [5, 5.41) is 0. The number of hydrogen-bond donors (Lipinski definition) is 0. The third-order valence-corrected chi connectivity index (χ3v) is 9.66. The summed E-state index contributed by atoms with van der Waals surface area (Å²) < 4.78 is 0. The highest BCUT2D eigenvalue weighted by Crippen LogP contribution is 2.57. The molecule has 0 bridgehead atoms. The van der Waals surface area contributed by atoms with E-state index in [1.54, 1.807) is 0 Å². The van der Waals surface area contributed by atoms with Gasteiger partial charge in [-0.25, -0.2) is 15.0 Å². The maximum atomic E-state index is 5.18.